The van der Waals surface area contributed by atoms with Gasteiger partial charge < -0.3 is 5.11 Å². The summed E-state index contributed by atoms with van der Waals surface area (Å²) in [6.45, 7) is 9.64. The smallest absolute Gasteiger partial charge is 0.138 e. The van der Waals surface area contributed by atoms with E-state index >= 15 is 0 Å². The summed E-state index contributed by atoms with van der Waals surface area (Å²) in [5.41, 5.74) is 2.24. The number of rotatable bonds is 2. The second-order valence-electron chi connectivity index (χ2n) is 6.21. The zero-order chi connectivity index (χ0) is 13.2. The fraction of sp³-hybridized carbons (Fsp3) is 0.667. The third-order valence-electron chi connectivity index (χ3n) is 3.90. The molecular weight excluding hydrogens is 224 g/mol. The van der Waals surface area contributed by atoms with E-state index in [0.29, 0.717) is 11.2 Å². The second-order valence-corrected chi connectivity index (χ2v) is 6.21. The number of aryl methyl sites for hydroxylation is 1. The lowest BCUT2D eigenvalue weighted by Crippen LogP contribution is -2.25. The maximum absolute atomic E-state index is 9.85. The monoisotopic (exact) mass is 248 g/mol. The zero-order valence-corrected chi connectivity index (χ0v) is 11.7. The first-order chi connectivity index (χ1) is 8.46. The minimum absolute atomic E-state index is 0.323. The molecule has 1 aromatic rings. The molecular formula is C15H24N2O. The average Bonchev–Trinajstić information content (AvgIpc) is 2.46. The molecule has 1 fully saturated rings. The summed E-state index contributed by atoms with van der Waals surface area (Å²) in [4.78, 5) is 6.86. The topological polar surface area (TPSA) is 36.4 Å². The van der Waals surface area contributed by atoms with Crippen LogP contribution in [0.15, 0.2) is 12.1 Å². The molecule has 0 saturated carbocycles. The normalized spacial score (nSPS) is 20.6. The van der Waals surface area contributed by atoms with Gasteiger partial charge in [-0.2, -0.15) is 0 Å². The van der Waals surface area contributed by atoms with Gasteiger partial charge in [0.05, 0.1) is 5.69 Å². The van der Waals surface area contributed by atoms with E-state index in [4.69, 9.17) is 0 Å². The predicted octanol–water partition coefficient (Wildman–Crippen LogP) is 3.11. The van der Waals surface area contributed by atoms with Crippen LogP contribution < -0.4 is 0 Å². The Kier molecular flexibility index (Phi) is 3.91. The van der Waals surface area contributed by atoms with Gasteiger partial charge in [-0.05, 0) is 56.8 Å². The van der Waals surface area contributed by atoms with E-state index in [2.05, 4.69) is 23.7 Å². The molecule has 18 heavy (non-hydrogen) atoms. The van der Waals surface area contributed by atoms with E-state index in [1.165, 1.54) is 19.3 Å². The van der Waals surface area contributed by atoms with Crippen LogP contribution in [0.5, 0.6) is 5.75 Å². The zero-order valence-electron chi connectivity index (χ0n) is 11.7. The van der Waals surface area contributed by atoms with Crippen molar-refractivity contribution in [1.82, 2.24) is 9.88 Å². The molecule has 3 heteroatoms. The lowest BCUT2D eigenvalue weighted by molar-refractivity contribution is 0.250. The van der Waals surface area contributed by atoms with Crippen LogP contribution in [0.4, 0.5) is 0 Å². The number of aromatic nitrogens is 1. The molecule has 0 aliphatic carbocycles. The number of likely N-dealkylation sites (tertiary alicyclic amines) is 1. The van der Waals surface area contributed by atoms with E-state index in [0.717, 1.165) is 31.0 Å². The van der Waals surface area contributed by atoms with Gasteiger partial charge in [0.2, 0.25) is 0 Å². The number of pyridine rings is 1. The highest BCUT2D eigenvalue weighted by molar-refractivity contribution is 5.27. The van der Waals surface area contributed by atoms with Crippen molar-refractivity contribution in [1.29, 1.82) is 0 Å². The molecule has 0 spiro atoms. The number of hydrogen-bond acceptors (Lipinski definition) is 3. The van der Waals surface area contributed by atoms with Gasteiger partial charge in [0.15, 0.2) is 0 Å². The van der Waals surface area contributed by atoms with Gasteiger partial charge in [0.25, 0.3) is 0 Å². The molecule has 2 rings (SSSR count). The molecule has 3 nitrogen and oxygen atoms in total. The number of aromatic hydroxyl groups is 1. The van der Waals surface area contributed by atoms with Crippen LogP contribution in [0.3, 0.4) is 0 Å². The summed E-state index contributed by atoms with van der Waals surface area (Å²) >= 11 is 0. The maximum Gasteiger partial charge on any atom is 0.138 e. The highest BCUT2D eigenvalue weighted by Crippen LogP contribution is 2.30. The first-order valence-electron chi connectivity index (χ1n) is 6.84. The standard InChI is InChI=1S/C15H24N2O/c1-12-5-6-14(18)13(16-12)11-17-9-4-7-15(2,3)8-10-17/h5-6,18H,4,7-11H2,1-3H3. The lowest BCUT2D eigenvalue weighted by Gasteiger charge is -2.23. The molecule has 0 aromatic carbocycles. The quantitative estimate of drug-likeness (QED) is 0.873. The lowest BCUT2D eigenvalue weighted by atomic mass is 9.85. The second kappa shape index (κ2) is 5.27. The number of hydrogen-bond donors (Lipinski definition) is 1. The molecule has 0 unspecified atom stereocenters. The van der Waals surface area contributed by atoms with Crippen molar-refractivity contribution in [2.45, 2.75) is 46.6 Å². The van der Waals surface area contributed by atoms with Gasteiger partial charge in [-0.1, -0.05) is 13.8 Å². The molecule has 1 aliphatic heterocycles. The largest absolute Gasteiger partial charge is 0.506 e. The summed E-state index contributed by atoms with van der Waals surface area (Å²) < 4.78 is 0. The predicted molar refractivity (Wildman–Crippen MR) is 73.5 cm³/mol. The minimum atomic E-state index is 0.323. The van der Waals surface area contributed by atoms with Crippen molar-refractivity contribution < 1.29 is 5.11 Å². The summed E-state index contributed by atoms with van der Waals surface area (Å²) in [5.74, 6) is 0.323. The van der Waals surface area contributed by atoms with Crippen LogP contribution >= 0.6 is 0 Å². The fourth-order valence-corrected chi connectivity index (χ4v) is 2.57. The van der Waals surface area contributed by atoms with E-state index < -0.39 is 0 Å². The molecule has 0 amide bonds. The van der Waals surface area contributed by atoms with Crippen LogP contribution in [0, 0.1) is 12.3 Å². The summed E-state index contributed by atoms with van der Waals surface area (Å²) in [7, 11) is 0. The van der Waals surface area contributed by atoms with Gasteiger partial charge >= 0.3 is 0 Å². The molecule has 0 bridgehead atoms. The Morgan fingerprint density at radius 2 is 2.06 bits per heavy atom. The van der Waals surface area contributed by atoms with Crippen LogP contribution in [0.25, 0.3) is 0 Å². The van der Waals surface area contributed by atoms with Crippen LogP contribution in [-0.2, 0) is 6.54 Å². The van der Waals surface area contributed by atoms with Gasteiger partial charge in [0.1, 0.15) is 5.75 Å². The molecule has 100 valence electrons. The third-order valence-corrected chi connectivity index (χ3v) is 3.90. The summed E-state index contributed by atoms with van der Waals surface area (Å²) in [6.07, 6.45) is 3.75. The Balaban J connectivity index is 2.03. The maximum atomic E-state index is 9.85. The van der Waals surface area contributed by atoms with Gasteiger partial charge in [-0.3, -0.25) is 9.88 Å². The Morgan fingerprint density at radius 3 is 2.83 bits per heavy atom. The SMILES string of the molecule is Cc1ccc(O)c(CN2CCCC(C)(C)CC2)n1. The average molecular weight is 248 g/mol. The summed E-state index contributed by atoms with van der Waals surface area (Å²) in [6, 6.07) is 3.60. The highest BCUT2D eigenvalue weighted by atomic mass is 16.3. The van der Waals surface area contributed by atoms with Crippen molar-refractivity contribution in [3.05, 3.63) is 23.5 Å². The van der Waals surface area contributed by atoms with Gasteiger partial charge in [-0.15, -0.1) is 0 Å². The van der Waals surface area contributed by atoms with E-state index in [1.807, 2.05) is 13.0 Å². The van der Waals surface area contributed by atoms with Crippen LogP contribution in [0.2, 0.25) is 0 Å². The molecule has 0 radical (unpaired) electrons. The molecule has 1 aliphatic rings. The van der Waals surface area contributed by atoms with Crippen LogP contribution in [0.1, 0.15) is 44.5 Å². The van der Waals surface area contributed by atoms with E-state index in [9.17, 15) is 5.11 Å². The first kappa shape index (κ1) is 13.3. The van der Waals surface area contributed by atoms with Gasteiger partial charge in [0, 0.05) is 12.2 Å². The van der Waals surface area contributed by atoms with Crippen molar-refractivity contribution in [3.8, 4) is 5.75 Å². The Bertz CT molecular complexity index is 415. The van der Waals surface area contributed by atoms with Crippen molar-refractivity contribution in [3.63, 3.8) is 0 Å². The Hall–Kier alpha value is -1.09. The number of nitrogens with zero attached hydrogens (tertiary/aromatic N) is 2. The Labute approximate surface area is 110 Å². The minimum Gasteiger partial charge on any atom is -0.506 e. The Morgan fingerprint density at radius 1 is 1.28 bits per heavy atom. The fourth-order valence-electron chi connectivity index (χ4n) is 2.57. The molecule has 1 saturated heterocycles. The summed E-state index contributed by atoms with van der Waals surface area (Å²) in [5, 5.41) is 9.85. The van der Waals surface area contributed by atoms with E-state index in [-0.39, 0.29) is 0 Å². The van der Waals surface area contributed by atoms with E-state index in [1.54, 1.807) is 6.07 Å². The molecule has 2 heterocycles. The molecule has 0 atom stereocenters. The molecule has 1 aromatic heterocycles. The van der Waals surface area contributed by atoms with Crippen molar-refractivity contribution >= 4 is 0 Å². The highest BCUT2D eigenvalue weighted by Gasteiger charge is 2.23. The molecule has 1 N–H and O–H groups in total. The first-order valence-corrected chi connectivity index (χ1v) is 6.84. The van der Waals surface area contributed by atoms with Crippen LogP contribution in [-0.4, -0.2) is 28.1 Å². The van der Waals surface area contributed by atoms with Gasteiger partial charge in [-0.25, -0.2) is 0 Å². The van der Waals surface area contributed by atoms with Crippen molar-refractivity contribution in [2.24, 2.45) is 5.41 Å². The third kappa shape index (κ3) is 3.45. The van der Waals surface area contributed by atoms with Crippen molar-refractivity contribution in [2.75, 3.05) is 13.1 Å².